The molecular formula is C20H26O4. The van der Waals surface area contributed by atoms with Crippen LogP contribution < -0.4 is 9.47 Å². The molecule has 130 valence electrons. The lowest BCUT2D eigenvalue weighted by molar-refractivity contribution is 0.307. The maximum atomic E-state index is 10.2. The van der Waals surface area contributed by atoms with E-state index in [1.807, 2.05) is 0 Å². The molecule has 4 nitrogen and oxygen atoms in total. The number of benzene rings is 2. The van der Waals surface area contributed by atoms with Gasteiger partial charge in [0, 0.05) is 23.3 Å². The van der Waals surface area contributed by atoms with E-state index in [4.69, 9.17) is 9.47 Å². The molecule has 2 N–H and O–H groups in total. The molecule has 0 saturated heterocycles. The SMILES string of the molecule is CCCCOc1ccc(-c2ccc(OCCCC)cc2O)c(O)c1. The van der Waals surface area contributed by atoms with Gasteiger partial charge >= 0.3 is 0 Å². The lowest BCUT2D eigenvalue weighted by Gasteiger charge is -2.12. The van der Waals surface area contributed by atoms with Crippen LogP contribution in [-0.2, 0) is 0 Å². The van der Waals surface area contributed by atoms with Crippen molar-refractivity contribution in [3.05, 3.63) is 36.4 Å². The third-order valence-corrected chi connectivity index (χ3v) is 3.76. The van der Waals surface area contributed by atoms with Crippen LogP contribution in [0.3, 0.4) is 0 Å². The van der Waals surface area contributed by atoms with E-state index in [-0.39, 0.29) is 11.5 Å². The number of phenols is 2. The number of rotatable bonds is 9. The zero-order chi connectivity index (χ0) is 17.4. The molecule has 0 aliphatic rings. The smallest absolute Gasteiger partial charge is 0.127 e. The van der Waals surface area contributed by atoms with Crippen LogP contribution in [0.1, 0.15) is 39.5 Å². The molecule has 0 aliphatic carbocycles. The summed E-state index contributed by atoms with van der Waals surface area (Å²) in [5, 5.41) is 20.5. The van der Waals surface area contributed by atoms with Crippen LogP contribution in [0.2, 0.25) is 0 Å². The number of hydrogen-bond donors (Lipinski definition) is 2. The van der Waals surface area contributed by atoms with E-state index in [9.17, 15) is 10.2 Å². The van der Waals surface area contributed by atoms with Gasteiger partial charge in [-0.05, 0) is 37.1 Å². The Bertz CT molecular complexity index is 595. The molecule has 24 heavy (non-hydrogen) atoms. The van der Waals surface area contributed by atoms with Crippen LogP contribution in [0, 0.1) is 0 Å². The molecule has 0 spiro atoms. The Kier molecular flexibility index (Phi) is 6.79. The average molecular weight is 330 g/mol. The highest BCUT2D eigenvalue weighted by atomic mass is 16.5. The molecule has 2 aromatic carbocycles. The summed E-state index contributed by atoms with van der Waals surface area (Å²) in [5.41, 5.74) is 1.13. The van der Waals surface area contributed by atoms with Crippen LogP contribution in [0.15, 0.2) is 36.4 Å². The molecule has 0 bridgehead atoms. The van der Waals surface area contributed by atoms with Gasteiger partial charge in [-0.25, -0.2) is 0 Å². The first-order valence-corrected chi connectivity index (χ1v) is 8.57. The fourth-order valence-corrected chi connectivity index (χ4v) is 2.33. The van der Waals surface area contributed by atoms with Crippen molar-refractivity contribution in [3.8, 4) is 34.1 Å². The molecule has 0 unspecified atom stereocenters. The summed E-state index contributed by atoms with van der Waals surface area (Å²) >= 11 is 0. The van der Waals surface area contributed by atoms with Gasteiger partial charge in [-0.2, -0.15) is 0 Å². The van der Waals surface area contributed by atoms with Crippen molar-refractivity contribution in [3.63, 3.8) is 0 Å². The van der Waals surface area contributed by atoms with Crippen LogP contribution in [0.25, 0.3) is 11.1 Å². The Morgan fingerprint density at radius 3 is 1.46 bits per heavy atom. The summed E-state index contributed by atoms with van der Waals surface area (Å²) in [5.74, 6) is 1.42. The lowest BCUT2D eigenvalue weighted by Crippen LogP contribution is -1.97. The van der Waals surface area contributed by atoms with Crippen molar-refractivity contribution < 1.29 is 19.7 Å². The highest BCUT2D eigenvalue weighted by Gasteiger charge is 2.11. The zero-order valence-electron chi connectivity index (χ0n) is 14.4. The van der Waals surface area contributed by atoms with E-state index in [1.165, 1.54) is 0 Å². The summed E-state index contributed by atoms with van der Waals surface area (Å²) in [6.07, 6.45) is 4.07. The Labute approximate surface area is 143 Å². The molecule has 0 radical (unpaired) electrons. The van der Waals surface area contributed by atoms with E-state index < -0.39 is 0 Å². The summed E-state index contributed by atoms with van der Waals surface area (Å²) in [6, 6.07) is 10.3. The van der Waals surface area contributed by atoms with Crippen molar-refractivity contribution in [1.82, 2.24) is 0 Å². The van der Waals surface area contributed by atoms with Crippen molar-refractivity contribution in [2.45, 2.75) is 39.5 Å². The van der Waals surface area contributed by atoms with Crippen LogP contribution in [-0.4, -0.2) is 23.4 Å². The first-order chi connectivity index (χ1) is 11.7. The Morgan fingerprint density at radius 2 is 1.12 bits per heavy atom. The first-order valence-electron chi connectivity index (χ1n) is 8.57. The normalized spacial score (nSPS) is 10.6. The molecule has 0 atom stereocenters. The van der Waals surface area contributed by atoms with Gasteiger partial charge in [0.2, 0.25) is 0 Å². The van der Waals surface area contributed by atoms with Gasteiger partial charge in [-0.3, -0.25) is 0 Å². The molecule has 0 saturated carbocycles. The highest BCUT2D eigenvalue weighted by molar-refractivity contribution is 5.76. The van der Waals surface area contributed by atoms with Crippen LogP contribution in [0.5, 0.6) is 23.0 Å². The first kappa shape index (κ1) is 18.0. The van der Waals surface area contributed by atoms with E-state index in [0.717, 1.165) is 25.7 Å². The van der Waals surface area contributed by atoms with Crippen LogP contribution in [0.4, 0.5) is 0 Å². The maximum Gasteiger partial charge on any atom is 0.127 e. The Balaban J connectivity index is 2.13. The lowest BCUT2D eigenvalue weighted by atomic mass is 10.0. The van der Waals surface area contributed by atoms with Crippen molar-refractivity contribution in [2.24, 2.45) is 0 Å². The molecule has 0 aromatic heterocycles. The standard InChI is InChI=1S/C20H26O4/c1-3-5-11-23-15-7-9-17(19(21)13-15)18-10-8-16(14-20(18)22)24-12-6-4-2/h7-10,13-14,21-22H,3-6,11-12H2,1-2H3. The summed E-state index contributed by atoms with van der Waals surface area (Å²) < 4.78 is 11.2. The molecule has 4 heteroatoms. The summed E-state index contributed by atoms with van der Waals surface area (Å²) in [7, 11) is 0. The zero-order valence-corrected chi connectivity index (χ0v) is 14.4. The Hall–Kier alpha value is -2.36. The van der Waals surface area contributed by atoms with E-state index in [2.05, 4.69) is 13.8 Å². The molecule has 2 rings (SSSR count). The van der Waals surface area contributed by atoms with E-state index in [1.54, 1.807) is 36.4 Å². The minimum absolute atomic E-state index is 0.0824. The average Bonchev–Trinajstić information content (AvgIpc) is 2.56. The second-order valence-corrected chi connectivity index (χ2v) is 5.76. The number of aromatic hydroxyl groups is 2. The van der Waals surface area contributed by atoms with Crippen molar-refractivity contribution >= 4 is 0 Å². The van der Waals surface area contributed by atoms with Gasteiger partial charge in [0.1, 0.15) is 23.0 Å². The Morgan fingerprint density at radius 1 is 0.708 bits per heavy atom. The largest absolute Gasteiger partial charge is 0.507 e. The van der Waals surface area contributed by atoms with Crippen molar-refractivity contribution in [1.29, 1.82) is 0 Å². The summed E-state index contributed by atoms with van der Waals surface area (Å²) in [4.78, 5) is 0. The van der Waals surface area contributed by atoms with E-state index in [0.29, 0.717) is 35.8 Å². The quantitative estimate of drug-likeness (QED) is 0.626. The third kappa shape index (κ3) is 4.82. The third-order valence-electron chi connectivity index (χ3n) is 3.76. The van der Waals surface area contributed by atoms with Gasteiger partial charge in [0.05, 0.1) is 13.2 Å². The number of hydrogen-bond acceptors (Lipinski definition) is 4. The molecule has 0 heterocycles. The fraction of sp³-hybridized carbons (Fsp3) is 0.400. The maximum absolute atomic E-state index is 10.2. The monoisotopic (exact) mass is 330 g/mol. The fourth-order valence-electron chi connectivity index (χ4n) is 2.33. The molecule has 0 fully saturated rings. The second-order valence-electron chi connectivity index (χ2n) is 5.76. The molecular weight excluding hydrogens is 304 g/mol. The van der Waals surface area contributed by atoms with Gasteiger partial charge in [-0.15, -0.1) is 0 Å². The number of unbranched alkanes of at least 4 members (excludes halogenated alkanes) is 2. The minimum atomic E-state index is 0.0824. The van der Waals surface area contributed by atoms with Gasteiger partial charge in [-0.1, -0.05) is 26.7 Å². The summed E-state index contributed by atoms with van der Waals surface area (Å²) in [6.45, 7) is 5.46. The van der Waals surface area contributed by atoms with Crippen LogP contribution >= 0.6 is 0 Å². The van der Waals surface area contributed by atoms with Crippen molar-refractivity contribution in [2.75, 3.05) is 13.2 Å². The minimum Gasteiger partial charge on any atom is -0.507 e. The van der Waals surface area contributed by atoms with Gasteiger partial charge < -0.3 is 19.7 Å². The molecule has 2 aromatic rings. The molecule has 0 amide bonds. The van der Waals surface area contributed by atoms with Gasteiger partial charge in [0.25, 0.3) is 0 Å². The topological polar surface area (TPSA) is 58.9 Å². The number of ether oxygens (including phenoxy) is 2. The highest BCUT2D eigenvalue weighted by Crippen LogP contribution is 2.38. The van der Waals surface area contributed by atoms with E-state index >= 15 is 0 Å². The predicted molar refractivity (Wildman–Crippen MR) is 96.0 cm³/mol. The molecule has 0 aliphatic heterocycles. The van der Waals surface area contributed by atoms with Gasteiger partial charge in [0.15, 0.2) is 0 Å². The predicted octanol–water partition coefficient (Wildman–Crippen LogP) is 5.12. The number of phenolic OH excluding ortho intramolecular Hbond substituents is 2. The second kappa shape index (κ2) is 9.06.